The van der Waals surface area contributed by atoms with Crippen molar-refractivity contribution in [3.8, 4) is 5.75 Å². The fourth-order valence-corrected chi connectivity index (χ4v) is 3.72. The van der Waals surface area contributed by atoms with E-state index in [1.807, 2.05) is 53.2 Å². The molecule has 0 amide bonds. The minimum Gasteiger partial charge on any atom is -0.497 e. The fraction of sp³-hybridized carbons (Fsp3) is 0.0909. The minimum absolute atomic E-state index is 0.269. The first kappa shape index (κ1) is 18.5. The summed E-state index contributed by atoms with van der Waals surface area (Å²) in [5.41, 5.74) is 2.51. The first-order valence-corrected chi connectivity index (χ1v) is 9.41. The van der Waals surface area contributed by atoms with Gasteiger partial charge >= 0.3 is 0 Å². The molecule has 0 aliphatic heterocycles. The predicted molar refractivity (Wildman–Crippen MR) is 112 cm³/mol. The van der Waals surface area contributed by atoms with Gasteiger partial charge in [-0.25, -0.2) is 0 Å². The lowest BCUT2D eigenvalue weighted by Crippen LogP contribution is -2.07. The number of rotatable bonds is 5. The maximum absolute atomic E-state index is 13.2. The highest BCUT2D eigenvalue weighted by atomic mass is 35.5. The van der Waals surface area contributed by atoms with Crippen LogP contribution >= 0.6 is 23.2 Å². The van der Waals surface area contributed by atoms with Gasteiger partial charge in [0.15, 0.2) is 0 Å². The molecule has 0 spiro atoms. The zero-order valence-corrected chi connectivity index (χ0v) is 16.5. The number of ketones is 1. The molecule has 0 atom stereocenters. The maximum Gasteiger partial charge on any atom is 0.216 e. The Kier molecular flexibility index (Phi) is 5.07. The number of nitrogens with zero attached hydrogens (tertiary/aromatic N) is 2. The average molecular weight is 411 g/mol. The third-order valence-electron chi connectivity index (χ3n) is 4.55. The molecule has 4 rings (SSSR count). The highest BCUT2D eigenvalue weighted by Gasteiger charge is 2.22. The summed E-state index contributed by atoms with van der Waals surface area (Å²) in [4.78, 5) is 13.2. The highest BCUT2D eigenvalue weighted by molar-refractivity contribution is 6.41. The van der Waals surface area contributed by atoms with Crippen LogP contribution in [0, 0.1) is 0 Å². The smallest absolute Gasteiger partial charge is 0.216 e. The number of hydrogen-bond donors (Lipinski definition) is 0. The lowest BCUT2D eigenvalue weighted by atomic mass is 10.1. The van der Waals surface area contributed by atoms with Gasteiger partial charge < -0.3 is 4.74 Å². The number of carbonyl (C=O) groups excluding carboxylic acids is 1. The van der Waals surface area contributed by atoms with Gasteiger partial charge in [-0.15, -0.1) is 0 Å². The van der Waals surface area contributed by atoms with Crippen molar-refractivity contribution in [2.24, 2.45) is 0 Å². The van der Waals surface area contributed by atoms with E-state index < -0.39 is 0 Å². The Balaban J connectivity index is 1.79. The van der Waals surface area contributed by atoms with E-state index in [1.54, 1.807) is 25.3 Å². The van der Waals surface area contributed by atoms with Gasteiger partial charge in [0.2, 0.25) is 5.78 Å². The molecular weight excluding hydrogens is 395 g/mol. The topological polar surface area (TPSA) is 44.1 Å². The Morgan fingerprint density at radius 1 is 0.964 bits per heavy atom. The molecule has 0 N–H and O–H groups in total. The van der Waals surface area contributed by atoms with E-state index in [-0.39, 0.29) is 11.3 Å². The quantitative estimate of drug-likeness (QED) is 0.400. The monoisotopic (exact) mass is 410 g/mol. The van der Waals surface area contributed by atoms with E-state index in [2.05, 4.69) is 5.10 Å². The van der Waals surface area contributed by atoms with Gasteiger partial charge in [-0.2, -0.15) is 5.10 Å². The highest BCUT2D eigenvalue weighted by Crippen LogP contribution is 2.29. The second-order valence-electron chi connectivity index (χ2n) is 6.30. The Morgan fingerprint density at radius 2 is 1.64 bits per heavy atom. The molecule has 0 fully saturated rings. The predicted octanol–water partition coefficient (Wildman–Crippen LogP) is 5.63. The molecule has 6 heteroatoms. The summed E-state index contributed by atoms with van der Waals surface area (Å²) in [5.74, 6) is 0.499. The molecule has 0 radical (unpaired) electrons. The van der Waals surface area contributed by atoms with Crippen LogP contribution in [0.5, 0.6) is 5.75 Å². The summed E-state index contributed by atoms with van der Waals surface area (Å²) in [6.07, 6.45) is 0. The average Bonchev–Trinajstić information content (AvgIpc) is 3.07. The number of methoxy groups -OCH3 is 1. The summed E-state index contributed by atoms with van der Waals surface area (Å²) in [5, 5.41) is 5.99. The maximum atomic E-state index is 13.2. The van der Waals surface area contributed by atoms with Crippen molar-refractivity contribution in [3.05, 3.63) is 93.6 Å². The van der Waals surface area contributed by atoms with Crippen molar-refractivity contribution >= 4 is 39.9 Å². The molecule has 0 aliphatic rings. The van der Waals surface area contributed by atoms with Crippen molar-refractivity contribution in [1.29, 1.82) is 0 Å². The molecule has 3 aromatic carbocycles. The molecule has 0 unspecified atom stereocenters. The minimum atomic E-state index is -0.291. The van der Waals surface area contributed by atoms with Crippen LogP contribution in [-0.4, -0.2) is 22.7 Å². The van der Waals surface area contributed by atoms with E-state index in [4.69, 9.17) is 27.9 Å². The molecule has 4 aromatic rings. The van der Waals surface area contributed by atoms with E-state index in [0.717, 1.165) is 22.2 Å². The summed E-state index contributed by atoms with van der Waals surface area (Å²) in [7, 11) is 1.63. The number of hydrogen-bond acceptors (Lipinski definition) is 3. The van der Waals surface area contributed by atoms with Crippen LogP contribution in [-0.2, 0) is 6.54 Å². The first-order valence-electron chi connectivity index (χ1n) is 8.65. The lowest BCUT2D eigenvalue weighted by Gasteiger charge is -2.05. The molecule has 0 aliphatic carbocycles. The van der Waals surface area contributed by atoms with Crippen LogP contribution in [0.15, 0.2) is 66.7 Å². The van der Waals surface area contributed by atoms with Crippen LogP contribution in [0.2, 0.25) is 10.0 Å². The Morgan fingerprint density at radius 3 is 2.32 bits per heavy atom. The van der Waals surface area contributed by atoms with E-state index in [9.17, 15) is 4.79 Å². The van der Waals surface area contributed by atoms with Crippen molar-refractivity contribution in [3.63, 3.8) is 0 Å². The standard InChI is InChI=1S/C22H16Cl2N2O2/c1-28-15-11-9-14(10-12-15)13-26-19-8-3-2-5-16(19)21(25-26)22(27)20-17(23)6-4-7-18(20)24/h2-12H,13H2,1H3. The molecule has 0 saturated carbocycles. The molecule has 0 bridgehead atoms. The summed E-state index contributed by atoms with van der Waals surface area (Å²) < 4.78 is 7.02. The Hall–Kier alpha value is -2.82. The fourth-order valence-electron chi connectivity index (χ4n) is 3.15. The molecule has 0 saturated heterocycles. The number of halogens is 2. The van der Waals surface area contributed by atoms with Crippen molar-refractivity contribution in [2.75, 3.05) is 7.11 Å². The zero-order valence-electron chi connectivity index (χ0n) is 15.0. The number of aromatic nitrogens is 2. The first-order chi connectivity index (χ1) is 13.6. The van der Waals surface area contributed by atoms with Gasteiger partial charge in [-0.1, -0.05) is 59.6 Å². The second kappa shape index (κ2) is 7.66. The van der Waals surface area contributed by atoms with Crippen LogP contribution in [0.1, 0.15) is 21.6 Å². The number of carbonyl (C=O) groups is 1. The summed E-state index contributed by atoms with van der Waals surface area (Å²) >= 11 is 12.5. The summed E-state index contributed by atoms with van der Waals surface area (Å²) in [6, 6.07) is 20.4. The molecule has 140 valence electrons. The second-order valence-corrected chi connectivity index (χ2v) is 7.11. The van der Waals surface area contributed by atoms with Crippen molar-refractivity contribution in [1.82, 2.24) is 9.78 Å². The number of ether oxygens (including phenoxy) is 1. The van der Waals surface area contributed by atoms with E-state index in [0.29, 0.717) is 22.3 Å². The van der Waals surface area contributed by atoms with Gasteiger partial charge in [0, 0.05) is 5.39 Å². The number of benzene rings is 3. The third-order valence-corrected chi connectivity index (χ3v) is 5.18. The normalized spacial score (nSPS) is 11.0. The number of fused-ring (bicyclic) bond motifs is 1. The van der Waals surface area contributed by atoms with Gasteiger partial charge in [0.05, 0.1) is 34.8 Å². The Labute approximate surface area is 172 Å². The zero-order chi connectivity index (χ0) is 19.7. The van der Waals surface area contributed by atoms with E-state index >= 15 is 0 Å². The van der Waals surface area contributed by atoms with Crippen molar-refractivity contribution in [2.45, 2.75) is 6.54 Å². The van der Waals surface area contributed by atoms with Gasteiger partial charge in [0.25, 0.3) is 0 Å². The van der Waals surface area contributed by atoms with Crippen LogP contribution in [0.25, 0.3) is 10.9 Å². The SMILES string of the molecule is COc1ccc(Cn2nc(C(=O)c3c(Cl)cccc3Cl)c3ccccc32)cc1. The Bertz CT molecular complexity index is 1150. The molecule has 28 heavy (non-hydrogen) atoms. The molecule has 1 heterocycles. The van der Waals surface area contributed by atoms with E-state index in [1.165, 1.54) is 0 Å². The largest absolute Gasteiger partial charge is 0.497 e. The van der Waals surface area contributed by atoms with Crippen molar-refractivity contribution < 1.29 is 9.53 Å². The van der Waals surface area contributed by atoms with Gasteiger partial charge in [-0.05, 0) is 35.9 Å². The summed E-state index contributed by atoms with van der Waals surface area (Å²) in [6.45, 7) is 0.522. The van der Waals surface area contributed by atoms with Crippen LogP contribution in [0.3, 0.4) is 0 Å². The molecule has 4 nitrogen and oxygen atoms in total. The van der Waals surface area contributed by atoms with Gasteiger partial charge in [0.1, 0.15) is 11.4 Å². The molecule has 1 aromatic heterocycles. The van der Waals surface area contributed by atoms with Crippen LogP contribution in [0.4, 0.5) is 0 Å². The number of para-hydroxylation sites is 1. The third kappa shape index (κ3) is 3.37. The van der Waals surface area contributed by atoms with Gasteiger partial charge in [-0.3, -0.25) is 9.48 Å². The lowest BCUT2D eigenvalue weighted by molar-refractivity contribution is 0.103. The molecular formula is C22H16Cl2N2O2. The van der Waals surface area contributed by atoms with Crippen LogP contribution < -0.4 is 4.74 Å².